The molecule has 0 amide bonds. The van der Waals surface area contributed by atoms with Crippen LogP contribution in [0.15, 0.2) is 0 Å². The number of nitrogens with zero attached hydrogens (tertiary/aromatic N) is 1. The Kier molecular flexibility index (Phi) is 4.28. The molecule has 0 aromatic carbocycles. The van der Waals surface area contributed by atoms with Crippen molar-refractivity contribution in [2.75, 3.05) is 40.5 Å². The molecule has 0 bridgehead atoms. The lowest BCUT2D eigenvalue weighted by Crippen LogP contribution is -2.57. The molecular formula is C14H25NO3. The molecule has 18 heavy (non-hydrogen) atoms. The van der Waals surface area contributed by atoms with Gasteiger partial charge in [0.05, 0.1) is 26.2 Å². The smallest absolute Gasteiger partial charge is 0.309 e. The molecule has 0 N–H and O–H groups in total. The molecular weight excluding hydrogens is 230 g/mol. The van der Waals surface area contributed by atoms with E-state index in [9.17, 15) is 4.79 Å². The first-order valence-electron chi connectivity index (χ1n) is 6.98. The van der Waals surface area contributed by atoms with Crippen molar-refractivity contribution in [3.05, 3.63) is 0 Å². The Bertz CT molecular complexity index is 293. The van der Waals surface area contributed by atoms with Crippen LogP contribution in [0, 0.1) is 17.3 Å². The normalized spacial score (nSPS) is 26.4. The van der Waals surface area contributed by atoms with Gasteiger partial charge in [-0.2, -0.15) is 0 Å². The maximum atomic E-state index is 12.0. The van der Waals surface area contributed by atoms with Gasteiger partial charge in [0.1, 0.15) is 0 Å². The second-order valence-electron chi connectivity index (χ2n) is 5.79. The van der Waals surface area contributed by atoms with Gasteiger partial charge in [-0.15, -0.1) is 0 Å². The number of methoxy groups -OCH3 is 1. The van der Waals surface area contributed by atoms with Crippen LogP contribution in [0.4, 0.5) is 0 Å². The maximum Gasteiger partial charge on any atom is 0.309 e. The first kappa shape index (κ1) is 13.8. The Labute approximate surface area is 110 Å². The third kappa shape index (κ3) is 2.28. The average molecular weight is 255 g/mol. The van der Waals surface area contributed by atoms with E-state index in [1.165, 1.54) is 20.0 Å². The molecule has 1 atom stereocenters. The molecule has 2 heterocycles. The zero-order valence-electron chi connectivity index (χ0n) is 11.8. The van der Waals surface area contributed by atoms with E-state index in [0.717, 1.165) is 32.7 Å². The number of rotatable bonds is 4. The van der Waals surface area contributed by atoms with Crippen LogP contribution in [-0.2, 0) is 14.3 Å². The predicted octanol–water partition coefficient (Wildman–Crippen LogP) is 1.54. The van der Waals surface area contributed by atoms with E-state index in [0.29, 0.717) is 5.92 Å². The van der Waals surface area contributed by atoms with E-state index in [1.807, 2.05) is 0 Å². The molecule has 4 nitrogen and oxygen atoms in total. The van der Waals surface area contributed by atoms with Gasteiger partial charge in [-0.05, 0) is 45.3 Å². The van der Waals surface area contributed by atoms with Gasteiger partial charge in [0.2, 0.25) is 0 Å². The highest BCUT2D eigenvalue weighted by Crippen LogP contribution is 2.48. The summed E-state index contributed by atoms with van der Waals surface area (Å²) in [6.07, 6.45) is 3.20. The van der Waals surface area contributed by atoms with Gasteiger partial charge in [-0.3, -0.25) is 4.79 Å². The summed E-state index contributed by atoms with van der Waals surface area (Å²) in [7, 11) is 3.66. The van der Waals surface area contributed by atoms with Crippen LogP contribution in [0.3, 0.4) is 0 Å². The Morgan fingerprint density at radius 1 is 1.44 bits per heavy atom. The van der Waals surface area contributed by atoms with Gasteiger partial charge in [0, 0.05) is 5.41 Å². The number of piperidine rings is 1. The van der Waals surface area contributed by atoms with E-state index in [4.69, 9.17) is 9.47 Å². The van der Waals surface area contributed by atoms with Crippen molar-refractivity contribution >= 4 is 5.97 Å². The van der Waals surface area contributed by atoms with Gasteiger partial charge in [-0.1, -0.05) is 6.92 Å². The minimum absolute atomic E-state index is 0.00431. The fourth-order valence-electron chi connectivity index (χ4n) is 3.59. The Balaban J connectivity index is 2.11. The topological polar surface area (TPSA) is 38.8 Å². The van der Waals surface area contributed by atoms with Crippen molar-refractivity contribution in [2.24, 2.45) is 17.3 Å². The van der Waals surface area contributed by atoms with E-state index < -0.39 is 0 Å². The molecule has 2 fully saturated rings. The number of carbonyl (C=O) groups excluding carboxylic acids is 1. The van der Waals surface area contributed by atoms with Gasteiger partial charge < -0.3 is 14.4 Å². The van der Waals surface area contributed by atoms with Crippen LogP contribution in [0.5, 0.6) is 0 Å². The molecule has 0 aromatic rings. The SMILES string of the molecule is CCC(C(=O)OC)C1(C2CCN(C)CC2)COC1. The predicted molar refractivity (Wildman–Crippen MR) is 69.3 cm³/mol. The Morgan fingerprint density at radius 2 is 2.06 bits per heavy atom. The minimum atomic E-state index is -0.0558. The molecule has 0 aliphatic carbocycles. The largest absolute Gasteiger partial charge is 0.469 e. The van der Waals surface area contributed by atoms with Gasteiger partial charge in [0.15, 0.2) is 0 Å². The lowest BCUT2D eigenvalue weighted by Gasteiger charge is -2.52. The first-order chi connectivity index (χ1) is 8.64. The van der Waals surface area contributed by atoms with Gasteiger partial charge in [0.25, 0.3) is 0 Å². The highest BCUT2D eigenvalue weighted by molar-refractivity contribution is 5.73. The Morgan fingerprint density at radius 3 is 2.44 bits per heavy atom. The highest BCUT2D eigenvalue weighted by atomic mass is 16.5. The van der Waals surface area contributed by atoms with E-state index in [1.54, 1.807) is 0 Å². The van der Waals surface area contributed by atoms with Crippen LogP contribution in [0.1, 0.15) is 26.2 Å². The van der Waals surface area contributed by atoms with Crippen LogP contribution in [-0.4, -0.2) is 51.3 Å². The quantitative estimate of drug-likeness (QED) is 0.714. The van der Waals surface area contributed by atoms with Gasteiger partial charge in [-0.25, -0.2) is 0 Å². The molecule has 4 heteroatoms. The lowest BCUT2D eigenvalue weighted by atomic mass is 9.61. The summed E-state index contributed by atoms with van der Waals surface area (Å²) in [5, 5.41) is 0. The fourth-order valence-corrected chi connectivity index (χ4v) is 3.59. The number of carbonyl (C=O) groups is 1. The van der Waals surface area contributed by atoms with Crippen LogP contribution in [0.2, 0.25) is 0 Å². The van der Waals surface area contributed by atoms with Crippen LogP contribution < -0.4 is 0 Å². The molecule has 0 aromatic heterocycles. The van der Waals surface area contributed by atoms with Crippen LogP contribution in [0.25, 0.3) is 0 Å². The van der Waals surface area contributed by atoms with E-state index in [-0.39, 0.29) is 17.3 Å². The number of hydrogen-bond donors (Lipinski definition) is 0. The second-order valence-corrected chi connectivity index (χ2v) is 5.79. The van der Waals surface area contributed by atoms with Crippen molar-refractivity contribution in [3.63, 3.8) is 0 Å². The van der Waals surface area contributed by atoms with E-state index in [2.05, 4.69) is 18.9 Å². The zero-order chi connectivity index (χ0) is 13.2. The van der Waals surface area contributed by atoms with E-state index >= 15 is 0 Å². The van der Waals surface area contributed by atoms with Crippen LogP contribution >= 0.6 is 0 Å². The summed E-state index contributed by atoms with van der Waals surface area (Å²) in [5.41, 5.74) is 0.0447. The van der Waals surface area contributed by atoms with Crippen molar-refractivity contribution < 1.29 is 14.3 Å². The first-order valence-corrected chi connectivity index (χ1v) is 6.98. The maximum absolute atomic E-state index is 12.0. The van der Waals surface area contributed by atoms with Gasteiger partial charge >= 0.3 is 5.97 Å². The summed E-state index contributed by atoms with van der Waals surface area (Å²) >= 11 is 0. The Hall–Kier alpha value is -0.610. The van der Waals surface area contributed by atoms with Crippen molar-refractivity contribution in [1.82, 2.24) is 4.90 Å². The summed E-state index contributed by atoms with van der Waals surface area (Å²) in [6.45, 7) is 5.80. The lowest BCUT2D eigenvalue weighted by molar-refractivity contribution is -0.201. The minimum Gasteiger partial charge on any atom is -0.469 e. The molecule has 2 aliphatic heterocycles. The molecule has 1 unspecified atom stereocenters. The third-order valence-corrected chi connectivity index (χ3v) is 4.86. The molecule has 2 aliphatic rings. The highest BCUT2D eigenvalue weighted by Gasteiger charge is 2.53. The zero-order valence-corrected chi connectivity index (χ0v) is 11.8. The van der Waals surface area contributed by atoms with Crippen molar-refractivity contribution in [3.8, 4) is 0 Å². The number of ether oxygens (including phenoxy) is 2. The summed E-state index contributed by atoms with van der Waals surface area (Å²) in [6, 6.07) is 0. The standard InChI is InChI=1S/C14H25NO3/c1-4-12(13(16)17-3)14(9-18-10-14)11-5-7-15(2)8-6-11/h11-12H,4-10H2,1-3H3. The van der Waals surface area contributed by atoms with Crippen molar-refractivity contribution in [2.45, 2.75) is 26.2 Å². The monoisotopic (exact) mass is 255 g/mol. The van der Waals surface area contributed by atoms with Crippen molar-refractivity contribution in [1.29, 1.82) is 0 Å². The third-order valence-electron chi connectivity index (χ3n) is 4.86. The fraction of sp³-hybridized carbons (Fsp3) is 0.929. The summed E-state index contributed by atoms with van der Waals surface area (Å²) in [4.78, 5) is 14.4. The number of likely N-dealkylation sites (tertiary alicyclic amines) is 1. The summed E-state index contributed by atoms with van der Waals surface area (Å²) in [5.74, 6) is 0.552. The molecule has 2 rings (SSSR count). The molecule has 2 saturated heterocycles. The number of esters is 1. The molecule has 104 valence electrons. The summed E-state index contributed by atoms with van der Waals surface area (Å²) < 4.78 is 10.5. The molecule has 0 radical (unpaired) electrons. The molecule has 0 spiro atoms. The molecule has 0 saturated carbocycles. The average Bonchev–Trinajstić information content (AvgIpc) is 2.34. The number of hydrogen-bond acceptors (Lipinski definition) is 4. The second kappa shape index (κ2) is 5.57.